The minimum atomic E-state index is -0.495. The predicted molar refractivity (Wildman–Crippen MR) is 135 cm³/mol. The summed E-state index contributed by atoms with van der Waals surface area (Å²) >= 11 is 7.47. The van der Waals surface area contributed by atoms with Crippen molar-refractivity contribution >= 4 is 51.6 Å². The number of hydrogen-bond acceptors (Lipinski definition) is 5. The Hall–Kier alpha value is -3.74. The molecule has 0 bridgehead atoms. The second-order valence-corrected chi connectivity index (χ2v) is 9.03. The molecule has 0 radical (unpaired) electrons. The van der Waals surface area contributed by atoms with E-state index in [0.29, 0.717) is 15.6 Å². The van der Waals surface area contributed by atoms with Gasteiger partial charge in [0.15, 0.2) is 5.69 Å². The molecule has 1 aromatic heterocycles. The van der Waals surface area contributed by atoms with Crippen molar-refractivity contribution in [1.82, 2.24) is 4.98 Å². The summed E-state index contributed by atoms with van der Waals surface area (Å²) in [4.78, 5) is 31.9. The molecule has 1 amide bonds. The molecule has 0 saturated heterocycles. The fourth-order valence-corrected chi connectivity index (χ4v) is 4.95. The van der Waals surface area contributed by atoms with Crippen LogP contribution in [0.5, 0.6) is 0 Å². The standard InChI is InChI=1S/C27H19ClN2O3S/c1-33-27(32)21-16-34-23(29-21)15-30-22-10-6-5-9-20(22)25(26(30)31)24(17-7-3-2-4-8-17)18-11-13-19(28)14-12-18/h2-14,16H,15H2,1H3/b25-24+. The molecule has 1 aliphatic rings. The number of carbonyl (C=O) groups is 2. The van der Waals surface area contributed by atoms with Gasteiger partial charge in [-0.15, -0.1) is 11.3 Å². The number of anilines is 1. The van der Waals surface area contributed by atoms with Gasteiger partial charge in [0.25, 0.3) is 5.91 Å². The van der Waals surface area contributed by atoms with Crippen molar-refractivity contribution in [1.29, 1.82) is 0 Å². The van der Waals surface area contributed by atoms with Crippen LogP contribution in [0.15, 0.2) is 84.2 Å². The smallest absolute Gasteiger partial charge is 0.357 e. The number of amides is 1. The second-order valence-electron chi connectivity index (χ2n) is 7.65. The summed E-state index contributed by atoms with van der Waals surface area (Å²) in [6.45, 7) is 0.254. The minimum Gasteiger partial charge on any atom is -0.464 e. The molecule has 0 fully saturated rings. The number of aromatic nitrogens is 1. The summed E-state index contributed by atoms with van der Waals surface area (Å²) in [6, 6.07) is 25.1. The number of thiazole rings is 1. The Kier molecular flexibility index (Phi) is 6.01. The summed E-state index contributed by atoms with van der Waals surface area (Å²) in [5.41, 5.74) is 5.19. The van der Waals surface area contributed by atoms with Crippen molar-refractivity contribution in [3.05, 3.63) is 117 Å². The predicted octanol–water partition coefficient (Wildman–Crippen LogP) is 6.09. The summed E-state index contributed by atoms with van der Waals surface area (Å²) in [6.07, 6.45) is 0. The molecular weight excluding hydrogens is 468 g/mol. The zero-order chi connectivity index (χ0) is 23.7. The molecule has 0 aliphatic carbocycles. The van der Waals surface area contributed by atoms with Crippen LogP contribution in [0.4, 0.5) is 5.69 Å². The molecule has 4 aromatic rings. The van der Waals surface area contributed by atoms with E-state index in [2.05, 4.69) is 4.98 Å². The van der Waals surface area contributed by atoms with E-state index in [1.165, 1.54) is 18.4 Å². The average Bonchev–Trinajstić information content (AvgIpc) is 3.45. The van der Waals surface area contributed by atoms with Gasteiger partial charge in [-0.3, -0.25) is 4.79 Å². The summed E-state index contributed by atoms with van der Waals surface area (Å²) in [5.74, 6) is -0.616. The first-order valence-corrected chi connectivity index (χ1v) is 11.8. The Morgan fingerprint density at radius 2 is 1.65 bits per heavy atom. The fourth-order valence-electron chi connectivity index (χ4n) is 4.07. The van der Waals surface area contributed by atoms with Gasteiger partial charge < -0.3 is 9.64 Å². The van der Waals surface area contributed by atoms with Gasteiger partial charge in [-0.25, -0.2) is 9.78 Å². The van der Waals surface area contributed by atoms with Crippen LogP contribution < -0.4 is 4.90 Å². The molecule has 0 saturated carbocycles. The van der Waals surface area contributed by atoms with E-state index < -0.39 is 5.97 Å². The molecular formula is C27H19ClN2O3S. The highest BCUT2D eigenvalue weighted by Gasteiger charge is 2.35. The number of ether oxygens (including phenoxy) is 1. The molecule has 34 heavy (non-hydrogen) atoms. The third kappa shape index (κ3) is 4.02. The molecule has 0 N–H and O–H groups in total. The monoisotopic (exact) mass is 486 g/mol. The maximum absolute atomic E-state index is 13.9. The van der Waals surface area contributed by atoms with Gasteiger partial charge in [0, 0.05) is 21.5 Å². The fraction of sp³-hybridized carbons (Fsp3) is 0.0741. The lowest BCUT2D eigenvalue weighted by Gasteiger charge is -2.16. The molecule has 3 aromatic carbocycles. The number of fused-ring (bicyclic) bond motifs is 1. The molecule has 5 nitrogen and oxygen atoms in total. The third-order valence-corrected chi connectivity index (χ3v) is 6.69. The van der Waals surface area contributed by atoms with Gasteiger partial charge in [-0.05, 0) is 29.3 Å². The Balaban J connectivity index is 1.66. The van der Waals surface area contributed by atoms with Crippen molar-refractivity contribution in [2.75, 3.05) is 12.0 Å². The van der Waals surface area contributed by atoms with Crippen LogP contribution in [-0.4, -0.2) is 24.0 Å². The number of hydrogen-bond donors (Lipinski definition) is 0. The largest absolute Gasteiger partial charge is 0.464 e. The highest BCUT2D eigenvalue weighted by Crippen LogP contribution is 2.43. The lowest BCUT2D eigenvalue weighted by Crippen LogP contribution is -2.26. The van der Waals surface area contributed by atoms with Gasteiger partial charge in [0.2, 0.25) is 0 Å². The number of benzene rings is 3. The Morgan fingerprint density at radius 1 is 0.971 bits per heavy atom. The third-order valence-electron chi connectivity index (χ3n) is 5.61. The van der Waals surface area contributed by atoms with Crippen LogP contribution in [0, 0.1) is 0 Å². The molecule has 0 unspecified atom stereocenters. The van der Waals surface area contributed by atoms with Gasteiger partial charge in [0.1, 0.15) is 5.01 Å². The maximum atomic E-state index is 13.9. The summed E-state index contributed by atoms with van der Waals surface area (Å²) in [7, 11) is 1.32. The van der Waals surface area contributed by atoms with Crippen LogP contribution in [-0.2, 0) is 16.1 Å². The van der Waals surface area contributed by atoms with Crippen molar-refractivity contribution in [3.8, 4) is 0 Å². The SMILES string of the molecule is COC(=O)c1csc(CN2C(=O)/C(=C(\c3ccccc3)c3ccc(Cl)cc3)c3ccccc32)n1. The Bertz CT molecular complexity index is 1410. The van der Waals surface area contributed by atoms with Crippen LogP contribution in [0.2, 0.25) is 5.02 Å². The molecule has 7 heteroatoms. The summed E-state index contributed by atoms with van der Waals surface area (Å²) in [5, 5.41) is 2.93. The zero-order valence-corrected chi connectivity index (χ0v) is 19.8. The second kappa shape index (κ2) is 9.25. The number of nitrogens with zero attached hydrogens (tertiary/aromatic N) is 2. The molecule has 1 aliphatic heterocycles. The van der Waals surface area contributed by atoms with Gasteiger partial charge in [0.05, 0.1) is 24.9 Å². The number of halogens is 1. The van der Waals surface area contributed by atoms with Crippen molar-refractivity contribution in [2.45, 2.75) is 6.54 Å². The average molecular weight is 487 g/mol. The zero-order valence-electron chi connectivity index (χ0n) is 18.2. The van der Waals surface area contributed by atoms with Crippen LogP contribution >= 0.6 is 22.9 Å². The van der Waals surface area contributed by atoms with Crippen molar-refractivity contribution in [2.24, 2.45) is 0 Å². The van der Waals surface area contributed by atoms with Crippen molar-refractivity contribution < 1.29 is 14.3 Å². The van der Waals surface area contributed by atoms with E-state index in [0.717, 1.165) is 28.0 Å². The van der Waals surface area contributed by atoms with Gasteiger partial charge >= 0.3 is 5.97 Å². The van der Waals surface area contributed by atoms with E-state index in [-0.39, 0.29) is 18.1 Å². The summed E-state index contributed by atoms with van der Waals surface area (Å²) < 4.78 is 4.76. The molecule has 0 atom stereocenters. The first-order valence-electron chi connectivity index (χ1n) is 10.6. The van der Waals surface area contributed by atoms with Crippen LogP contribution in [0.3, 0.4) is 0 Å². The maximum Gasteiger partial charge on any atom is 0.357 e. The first kappa shape index (κ1) is 22.1. The van der Waals surface area contributed by atoms with Crippen molar-refractivity contribution in [3.63, 3.8) is 0 Å². The lowest BCUT2D eigenvalue weighted by molar-refractivity contribution is -0.113. The Labute approximate surface area is 205 Å². The first-order chi connectivity index (χ1) is 16.6. The highest BCUT2D eigenvalue weighted by molar-refractivity contribution is 7.09. The van der Waals surface area contributed by atoms with Gasteiger partial charge in [-0.1, -0.05) is 72.3 Å². The molecule has 5 rings (SSSR count). The number of esters is 1. The molecule has 2 heterocycles. The topological polar surface area (TPSA) is 59.5 Å². The highest BCUT2D eigenvalue weighted by atomic mass is 35.5. The number of carbonyl (C=O) groups excluding carboxylic acids is 2. The van der Waals surface area contributed by atoms with E-state index in [1.807, 2.05) is 78.9 Å². The van der Waals surface area contributed by atoms with E-state index in [1.54, 1.807) is 10.3 Å². The molecule has 168 valence electrons. The number of para-hydroxylation sites is 1. The van der Waals surface area contributed by atoms with E-state index >= 15 is 0 Å². The van der Waals surface area contributed by atoms with Crippen LogP contribution in [0.25, 0.3) is 11.1 Å². The Morgan fingerprint density at radius 3 is 2.38 bits per heavy atom. The quantitative estimate of drug-likeness (QED) is 0.253. The van der Waals surface area contributed by atoms with E-state index in [4.69, 9.17) is 16.3 Å². The minimum absolute atomic E-state index is 0.121. The normalized spacial score (nSPS) is 14.2. The van der Waals surface area contributed by atoms with E-state index in [9.17, 15) is 9.59 Å². The molecule has 0 spiro atoms. The van der Waals surface area contributed by atoms with Gasteiger partial charge in [-0.2, -0.15) is 0 Å². The number of methoxy groups -OCH3 is 1. The number of rotatable bonds is 5. The lowest BCUT2D eigenvalue weighted by atomic mass is 9.90. The van der Waals surface area contributed by atoms with Crippen LogP contribution in [0.1, 0.15) is 32.2 Å².